The monoisotopic (exact) mass is 484 g/mol. The molecule has 1 fully saturated rings. The second kappa shape index (κ2) is 9.29. The number of aromatic nitrogens is 1. The number of fused-ring (bicyclic) bond motifs is 1. The minimum absolute atomic E-state index is 0.101. The maximum absolute atomic E-state index is 13.0. The molecule has 0 spiro atoms. The summed E-state index contributed by atoms with van der Waals surface area (Å²) in [6, 6.07) is 23.1. The number of carbonyl (C=O) groups excluding carboxylic acids is 1. The van der Waals surface area contributed by atoms with E-state index in [9.17, 15) is 9.59 Å². The van der Waals surface area contributed by atoms with Crippen LogP contribution in [-0.4, -0.2) is 37.7 Å². The highest BCUT2D eigenvalue weighted by Gasteiger charge is 2.31. The third-order valence-electron chi connectivity index (χ3n) is 5.77. The largest absolute Gasteiger partial charge is 0.478 e. The highest BCUT2D eigenvalue weighted by molar-refractivity contribution is 8.26. The molecule has 1 aliphatic rings. The molecule has 0 aliphatic carbocycles. The van der Waals surface area contributed by atoms with Gasteiger partial charge in [0.05, 0.1) is 10.5 Å². The Morgan fingerprint density at radius 3 is 2.62 bits per heavy atom. The van der Waals surface area contributed by atoms with Gasteiger partial charge in [0.2, 0.25) is 0 Å². The molecule has 2 heterocycles. The number of hydrogen-bond acceptors (Lipinski definition) is 4. The number of thiocarbonyl (C=S) groups is 1. The van der Waals surface area contributed by atoms with Crippen molar-refractivity contribution in [1.29, 1.82) is 0 Å². The van der Waals surface area contributed by atoms with Crippen LogP contribution >= 0.6 is 24.0 Å². The SMILES string of the molecule is O=C(O)c1ccc(CCN2C(=O)/C(=C/c3cccc(-c4ccc5[nH]ccc5c4)c3)SC2=S)cc1. The van der Waals surface area contributed by atoms with Crippen LogP contribution in [0.15, 0.2) is 83.9 Å². The van der Waals surface area contributed by atoms with Crippen LogP contribution in [0, 0.1) is 0 Å². The number of nitrogens with one attached hydrogen (secondary N) is 1. The number of benzene rings is 3. The summed E-state index contributed by atoms with van der Waals surface area (Å²) in [6.45, 7) is 0.450. The first-order valence-corrected chi connectivity index (χ1v) is 12.0. The zero-order chi connectivity index (χ0) is 23.7. The third kappa shape index (κ3) is 4.53. The summed E-state index contributed by atoms with van der Waals surface area (Å²) < 4.78 is 0.535. The number of amides is 1. The second-order valence-electron chi connectivity index (χ2n) is 7.99. The van der Waals surface area contributed by atoms with E-state index in [1.165, 1.54) is 11.8 Å². The van der Waals surface area contributed by atoms with Gasteiger partial charge in [-0.15, -0.1) is 0 Å². The molecule has 0 radical (unpaired) electrons. The van der Waals surface area contributed by atoms with Gasteiger partial charge in [-0.05, 0) is 76.5 Å². The Balaban J connectivity index is 1.31. The standard InChI is InChI=1S/C27H20N2O3S2/c30-25-24(34-27(33)29(25)13-11-17-4-6-19(7-5-17)26(31)32)15-18-2-1-3-20(14-18)21-8-9-23-22(16-21)10-12-28-23/h1-10,12,14-16,28H,11,13H2,(H,31,32)/b24-15-. The number of H-pyrrole nitrogens is 1. The van der Waals surface area contributed by atoms with Gasteiger partial charge in [0, 0.05) is 18.3 Å². The maximum Gasteiger partial charge on any atom is 0.335 e. The number of carboxylic acids is 1. The lowest BCUT2D eigenvalue weighted by Gasteiger charge is -2.14. The average Bonchev–Trinajstić information content (AvgIpc) is 3.41. The molecule has 0 atom stereocenters. The first-order chi connectivity index (χ1) is 16.5. The van der Waals surface area contributed by atoms with E-state index in [-0.39, 0.29) is 11.5 Å². The average molecular weight is 485 g/mol. The van der Waals surface area contributed by atoms with Crippen LogP contribution in [-0.2, 0) is 11.2 Å². The van der Waals surface area contributed by atoms with Crippen LogP contribution in [0.1, 0.15) is 21.5 Å². The molecule has 2 N–H and O–H groups in total. The minimum atomic E-state index is -0.956. The normalized spacial score (nSPS) is 14.9. The summed E-state index contributed by atoms with van der Waals surface area (Å²) in [6.07, 6.45) is 4.41. The molecule has 1 aromatic heterocycles. The van der Waals surface area contributed by atoms with Crippen molar-refractivity contribution >= 4 is 57.2 Å². The number of nitrogens with zero attached hydrogens (tertiary/aromatic N) is 1. The molecular formula is C27H20N2O3S2. The van der Waals surface area contributed by atoms with Gasteiger partial charge < -0.3 is 10.1 Å². The van der Waals surface area contributed by atoms with Crippen LogP contribution in [0.25, 0.3) is 28.1 Å². The summed E-state index contributed by atoms with van der Waals surface area (Å²) >= 11 is 6.78. The zero-order valence-corrected chi connectivity index (χ0v) is 19.7. The van der Waals surface area contributed by atoms with Crippen LogP contribution in [0.3, 0.4) is 0 Å². The second-order valence-corrected chi connectivity index (χ2v) is 9.67. The Hall–Kier alpha value is -3.68. The molecule has 3 aromatic carbocycles. The van der Waals surface area contributed by atoms with Crippen molar-refractivity contribution in [1.82, 2.24) is 9.88 Å². The number of rotatable bonds is 6. The van der Waals surface area contributed by atoms with E-state index in [0.29, 0.717) is 22.2 Å². The lowest BCUT2D eigenvalue weighted by Crippen LogP contribution is -2.30. The van der Waals surface area contributed by atoms with Crippen LogP contribution in [0.4, 0.5) is 0 Å². The van der Waals surface area contributed by atoms with E-state index in [1.807, 2.05) is 24.4 Å². The van der Waals surface area contributed by atoms with Gasteiger partial charge in [-0.1, -0.05) is 60.4 Å². The van der Waals surface area contributed by atoms with Crippen LogP contribution in [0.2, 0.25) is 0 Å². The highest BCUT2D eigenvalue weighted by atomic mass is 32.2. The van der Waals surface area contributed by atoms with Gasteiger partial charge in [0.1, 0.15) is 4.32 Å². The summed E-state index contributed by atoms with van der Waals surface area (Å²) in [5, 5.41) is 10.2. The molecule has 1 aliphatic heterocycles. The lowest BCUT2D eigenvalue weighted by atomic mass is 10.0. The van der Waals surface area contributed by atoms with E-state index < -0.39 is 5.97 Å². The van der Waals surface area contributed by atoms with E-state index in [1.54, 1.807) is 29.2 Å². The van der Waals surface area contributed by atoms with Gasteiger partial charge in [-0.25, -0.2) is 4.79 Å². The Labute approximate surface area is 206 Å². The van der Waals surface area contributed by atoms with Crippen LogP contribution in [0.5, 0.6) is 0 Å². The maximum atomic E-state index is 13.0. The highest BCUT2D eigenvalue weighted by Crippen LogP contribution is 2.33. The third-order valence-corrected chi connectivity index (χ3v) is 7.15. The van der Waals surface area contributed by atoms with Gasteiger partial charge in [-0.2, -0.15) is 0 Å². The van der Waals surface area contributed by atoms with Gasteiger partial charge >= 0.3 is 5.97 Å². The fourth-order valence-corrected chi connectivity index (χ4v) is 5.25. The number of carboxylic acid groups (broad SMARTS) is 1. The van der Waals surface area contributed by atoms with Crippen LogP contribution < -0.4 is 0 Å². The summed E-state index contributed by atoms with van der Waals surface area (Å²) in [7, 11) is 0. The predicted octanol–water partition coefficient (Wildman–Crippen LogP) is 5.98. The molecule has 168 valence electrons. The molecule has 5 rings (SSSR count). The fraction of sp³-hybridized carbons (Fsp3) is 0.0741. The van der Waals surface area contributed by atoms with Gasteiger partial charge in [-0.3, -0.25) is 9.69 Å². The molecule has 4 aromatic rings. The number of thioether (sulfide) groups is 1. The number of aromatic carboxylic acids is 1. The predicted molar refractivity (Wildman–Crippen MR) is 141 cm³/mol. The molecule has 1 amide bonds. The topological polar surface area (TPSA) is 73.4 Å². The molecule has 0 bridgehead atoms. The van der Waals surface area contributed by atoms with Crippen molar-refractivity contribution in [2.75, 3.05) is 6.54 Å². The zero-order valence-electron chi connectivity index (χ0n) is 18.0. The van der Waals surface area contributed by atoms with Crippen molar-refractivity contribution in [3.05, 3.63) is 101 Å². The lowest BCUT2D eigenvalue weighted by molar-refractivity contribution is -0.122. The summed E-state index contributed by atoms with van der Waals surface area (Å²) in [5.41, 5.74) is 5.43. The van der Waals surface area contributed by atoms with E-state index >= 15 is 0 Å². The van der Waals surface area contributed by atoms with Crippen molar-refractivity contribution in [2.24, 2.45) is 0 Å². The molecule has 0 unspecified atom stereocenters. The molecular weight excluding hydrogens is 464 g/mol. The van der Waals surface area contributed by atoms with Crippen molar-refractivity contribution in [2.45, 2.75) is 6.42 Å². The van der Waals surface area contributed by atoms with Crippen molar-refractivity contribution < 1.29 is 14.7 Å². The minimum Gasteiger partial charge on any atom is -0.478 e. The fourth-order valence-electron chi connectivity index (χ4n) is 3.94. The first-order valence-electron chi connectivity index (χ1n) is 10.7. The van der Waals surface area contributed by atoms with E-state index in [0.717, 1.165) is 33.2 Å². The summed E-state index contributed by atoms with van der Waals surface area (Å²) in [4.78, 5) is 29.5. The Morgan fingerprint density at radius 2 is 1.82 bits per heavy atom. The molecule has 1 saturated heterocycles. The number of aromatic amines is 1. The van der Waals surface area contributed by atoms with E-state index in [4.69, 9.17) is 17.3 Å². The molecule has 34 heavy (non-hydrogen) atoms. The van der Waals surface area contributed by atoms with Crippen molar-refractivity contribution in [3.63, 3.8) is 0 Å². The Morgan fingerprint density at radius 1 is 1.03 bits per heavy atom. The number of hydrogen-bond donors (Lipinski definition) is 2. The quantitative estimate of drug-likeness (QED) is 0.260. The Bertz CT molecular complexity index is 1450. The molecule has 7 heteroatoms. The Kier molecular flexibility index (Phi) is 6.04. The van der Waals surface area contributed by atoms with Crippen molar-refractivity contribution in [3.8, 4) is 11.1 Å². The first kappa shape index (κ1) is 22.1. The van der Waals surface area contributed by atoms with Gasteiger partial charge in [0.15, 0.2) is 0 Å². The molecule has 5 nitrogen and oxygen atoms in total. The van der Waals surface area contributed by atoms with E-state index in [2.05, 4.69) is 41.4 Å². The summed E-state index contributed by atoms with van der Waals surface area (Å²) in [5.74, 6) is -1.06. The number of carbonyl (C=O) groups is 2. The van der Waals surface area contributed by atoms with Gasteiger partial charge in [0.25, 0.3) is 5.91 Å². The smallest absolute Gasteiger partial charge is 0.335 e. The molecule has 0 saturated carbocycles.